The third-order valence-corrected chi connectivity index (χ3v) is 5.26. The molecule has 1 aliphatic heterocycles. The maximum Gasteiger partial charge on any atom is 0.309 e. The molecule has 1 aliphatic rings. The fourth-order valence-electron chi connectivity index (χ4n) is 3.67. The predicted molar refractivity (Wildman–Crippen MR) is 106 cm³/mol. The second-order valence-electron chi connectivity index (χ2n) is 6.86. The molecule has 0 saturated carbocycles. The first-order valence-electron chi connectivity index (χ1n) is 9.67. The van der Waals surface area contributed by atoms with Gasteiger partial charge in [0, 0.05) is 25.8 Å². The first-order chi connectivity index (χ1) is 13.5. The van der Waals surface area contributed by atoms with E-state index in [4.69, 9.17) is 9.47 Å². The summed E-state index contributed by atoms with van der Waals surface area (Å²) in [6, 6.07) is 5.31. The molecule has 7 heteroatoms. The summed E-state index contributed by atoms with van der Waals surface area (Å²) < 4.78 is 12.2. The SMILES string of the molecule is CCOC(=O)C1CCN(C(=O)c2cn(CC)c3ccc(OC)cc3c2=O)CC1. The molecule has 0 N–H and O–H groups in total. The monoisotopic (exact) mass is 386 g/mol. The number of hydrogen-bond acceptors (Lipinski definition) is 5. The Morgan fingerprint density at radius 1 is 1.18 bits per heavy atom. The van der Waals surface area contributed by atoms with Gasteiger partial charge in [0.2, 0.25) is 5.43 Å². The van der Waals surface area contributed by atoms with Crippen molar-refractivity contribution in [3.05, 3.63) is 40.2 Å². The van der Waals surface area contributed by atoms with Gasteiger partial charge in [0.05, 0.1) is 30.5 Å². The number of carbonyl (C=O) groups is 2. The smallest absolute Gasteiger partial charge is 0.309 e. The summed E-state index contributed by atoms with van der Waals surface area (Å²) in [6.45, 7) is 5.61. The van der Waals surface area contributed by atoms with Crippen LogP contribution in [0.1, 0.15) is 37.0 Å². The van der Waals surface area contributed by atoms with Gasteiger partial charge in [0.15, 0.2) is 0 Å². The average molecular weight is 386 g/mol. The summed E-state index contributed by atoms with van der Waals surface area (Å²) >= 11 is 0. The molecule has 1 fully saturated rings. The number of rotatable bonds is 5. The average Bonchev–Trinajstić information content (AvgIpc) is 2.73. The lowest BCUT2D eigenvalue weighted by atomic mass is 9.96. The van der Waals surface area contributed by atoms with Crippen molar-refractivity contribution in [1.82, 2.24) is 9.47 Å². The molecule has 0 atom stereocenters. The van der Waals surface area contributed by atoms with Crippen LogP contribution < -0.4 is 10.2 Å². The Hall–Kier alpha value is -2.83. The zero-order chi connectivity index (χ0) is 20.3. The van der Waals surface area contributed by atoms with Crippen LogP contribution in [0.5, 0.6) is 5.75 Å². The fourth-order valence-corrected chi connectivity index (χ4v) is 3.67. The Morgan fingerprint density at radius 2 is 1.89 bits per heavy atom. The lowest BCUT2D eigenvalue weighted by Gasteiger charge is -2.31. The van der Waals surface area contributed by atoms with E-state index >= 15 is 0 Å². The zero-order valence-electron chi connectivity index (χ0n) is 16.6. The number of aryl methyl sites for hydroxylation is 1. The van der Waals surface area contributed by atoms with Crippen LogP contribution in [0.3, 0.4) is 0 Å². The summed E-state index contributed by atoms with van der Waals surface area (Å²) in [7, 11) is 1.54. The van der Waals surface area contributed by atoms with E-state index < -0.39 is 0 Å². The molecule has 1 amide bonds. The highest BCUT2D eigenvalue weighted by Gasteiger charge is 2.30. The van der Waals surface area contributed by atoms with E-state index in [-0.39, 0.29) is 28.8 Å². The zero-order valence-corrected chi connectivity index (χ0v) is 16.6. The van der Waals surface area contributed by atoms with E-state index in [1.807, 2.05) is 17.6 Å². The van der Waals surface area contributed by atoms with Crippen molar-refractivity contribution in [2.75, 3.05) is 26.8 Å². The molecule has 150 valence electrons. The molecule has 7 nitrogen and oxygen atoms in total. The number of nitrogens with zero attached hydrogens (tertiary/aromatic N) is 2. The van der Waals surface area contributed by atoms with Gasteiger partial charge in [-0.2, -0.15) is 0 Å². The minimum Gasteiger partial charge on any atom is -0.497 e. The highest BCUT2D eigenvalue weighted by molar-refractivity contribution is 5.97. The van der Waals surface area contributed by atoms with Crippen molar-refractivity contribution in [3.8, 4) is 5.75 Å². The second kappa shape index (κ2) is 8.46. The molecule has 2 heterocycles. The van der Waals surface area contributed by atoms with Gasteiger partial charge < -0.3 is 18.9 Å². The standard InChI is InChI=1S/C21H26N2O5/c1-4-22-13-17(19(24)16-12-15(27-3)6-7-18(16)22)20(25)23-10-8-14(9-11-23)21(26)28-5-2/h6-7,12-14H,4-5,8-11H2,1-3H3. The van der Waals surface area contributed by atoms with Gasteiger partial charge >= 0.3 is 5.97 Å². The van der Waals surface area contributed by atoms with Gasteiger partial charge in [-0.05, 0) is 44.9 Å². The molecule has 28 heavy (non-hydrogen) atoms. The molecule has 1 saturated heterocycles. The highest BCUT2D eigenvalue weighted by Crippen LogP contribution is 2.22. The van der Waals surface area contributed by atoms with E-state index in [2.05, 4.69) is 0 Å². The van der Waals surface area contributed by atoms with E-state index in [0.29, 0.717) is 50.2 Å². The number of fused-ring (bicyclic) bond motifs is 1. The van der Waals surface area contributed by atoms with Crippen LogP contribution in [0.2, 0.25) is 0 Å². The highest BCUT2D eigenvalue weighted by atomic mass is 16.5. The van der Waals surface area contributed by atoms with Crippen LogP contribution in [0, 0.1) is 5.92 Å². The number of pyridine rings is 1. The summed E-state index contributed by atoms with van der Waals surface area (Å²) in [5.41, 5.74) is 0.624. The van der Waals surface area contributed by atoms with Crippen molar-refractivity contribution >= 4 is 22.8 Å². The van der Waals surface area contributed by atoms with Crippen molar-refractivity contribution in [2.45, 2.75) is 33.2 Å². The van der Waals surface area contributed by atoms with Gasteiger partial charge in [-0.15, -0.1) is 0 Å². The minimum absolute atomic E-state index is 0.150. The van der Waals surface area contributed by atoms with Crippen molar-refractivity contribution in [3.63, 3.8) is 0 Å². The molecular formula is C21H26N2O5. The normalized spacial score (nSPS) is 14.9. The number of likely N-dealkylation sites (tertiary alicyclic amines) is 1. The number of carbonyl (C=O) groups excluding carboxylic acids is 2. The first-order valence-corrected chi connectivity index (χ1v) is 9.67. The van der Waals surface area contributed by atoms with Crippen LogP contribution in [-0.4, -0.2) is 48.1 Å². The van der Waals surface area contributed by atoms with Gasteiger partial charge in [-0.25, -0.2) is 0 Å². The molecule has 2 aromatic rings. The molecule has 0 spiro atoms. The number of benzene rings is 1. The topological polar surface area (TPSA) is 77.8 Å². The number of amides is 1. The van der Waals surface area contributed by atoms with Crippen LogP contribution in [0.15, 0.2) is 29.2 Å². The lowest BCUT2D eigenvalue weighted by molar-refractivity contribution is -0.149. The Bertz CT molecular complexity index is 942. The molecule has 0 bridgehead atoms. The van der Waals surface area contributed by atoms with E-state index in [1.165, 1.54) is 0 Å². The largest absolute Gasteiger partial charge is 0.497 e. The fraction of sp³-hybridized carbons (Fsp3) is 0.476. The van der Waals surface area contributed by atoms with Crippen molar-refractivity contribution < 1.29 is 19.1 Å². The molecule has 3 rings (SSSR count). The van der Waals surface area contributed by atoms with Gasteiger partial charge in [0.25, 0.3) is 5.91 Å². The Labute approximate surface area is 163 Å². The van der Waals surface area contributed by atoms with E-state index in [9.17, 15) is 14.4 Å². The summed E-state index contributed by atoms with van der Waals surface area (Å²) in [6.07, 6.45) is 2.73. The van der Waals surface area contributed by atoms with Crippen LogP contribution in [-0.2, 0) is 16.1 Å². The summed E-state index contributed by atoms with van der Waals surface area (Å²) in [5, 5.41) is 0.466. The molecular weight excluding hydrogens is 360 g/mol. The summed E-state index contributed by atoms with van der Waals surface area (Å²) in [5.74, 6) is -0.107. The maximum absolute atomic E-state index is 13.1. The van der Waals surface area contributed by atoms with Gasteiger partial charge in [-0.3, -0.25) is 14.4 Å². The van der Waals surface area contributed by atoms with Gasteiger partial charge in [0.1, 0.15) is 11.3 Å². The molecule has 1 aromatic carbocycles. The number of aromatic nitrogens is 1. The number of esters is 1. The number of hydrogen-bond donors (Lipinski definition) is 0. The number of piperidine rings is 1. The third-order valence-electron chi connectivity index (χ3n) is 5.26. The minimum atomic E-state index is -0.295. The molecule has 0 aliphatic carbocycles. The maximum atomic E-state index is 13.1. The van der Waals surface area contributed by atoms with Crippen molar-refractivity contribution in [2.24, 2.45) is 5.92 Å². The number of ether oxygens (including phenoxy) is 2. The Kier molecular flexibility index (Phi) is 6.02. The van der Waals surface area contributed by atoms with Gasteiger partial charge in [-0.1, -0.05) is 0 Å². The Balaban J connectivity index is 1.89. The predicted octanol–water partition coefficient (Wildman–Crippen LogP) is 2.45. The quantitative estimate of drug-likeness (QED) is 0.738. The van der Waals surface area contributed by atoms with Crippen molar-refractivity contribution in [1.29, 1.82) is 0 Å². The van der Waals surface area contributed by atoms with E-state index in [0.717, 1.165) is 5.52 Å². The second-order valence-corrected chi connectivity index (χ2v) is 6.86. The molecule has 1 aromatic heterocycles. The Morgan fingerprint density at radius 3 is 2.50 bits per heavy atom. The van der Waals surface area contributed by atoms with Crippen LogP contribution >= 0.6 is 0 Å². The first kappa shape index (κ1) is 19.9. The van der Waals surface area contributed by atoms with Crippen LogP contribution in [0.4, 0.5) is 0 Å². The molecule has 0 unspecified atom stereocenters. The summed E-state index contributed by atoms with van der Waals surface area (Å²) in [4.78, 5) is 39.6. The third kappa shape index (κ3) is 3.74. The number of methoxy groups -OCH3 is 1. The molecule has 0 radical (unpaired) electrons. The van der Waals surface area contributed by atoms with Crippen LogP contribution in [0.25, 0.3) is 10.9 Å². The van der Waals surface area contributed by atoms with E-state index in [1.54, 1.807) is 37.3 Å². The lowest BCUT2D eigenvalue weighted by Crippen LogP contribution is -2.42.